The van der Waals surface area contributed by atoms with Crippen LogP contribution in [0, 0.1) is 0 Å². The minimum Gasteiger partial charge on any atom is -0.394 e. The Bertz CT molecular complexity index is 661. The molecule has 0 amide bonds. The smallest absolute Gasteiger partial charge is 0.394 e. The predicted molar refractivity (Wildman–Crippen MR) is 102 cm³/mol. The van der Waals surface area contributed by atoms with Gasteiger partial charge < -0.3 is 44.1 Å². The number of alkyl halides is 10. The highest BCUT2D eigenvalue weighted by atomic mass is 19.3. The monoisotopic (exact) mass is 610 g/mol. The number of hydrogen-bond donors (Lipinski definition) is 4. The van der Waals surface area contributed by atoms with Gasteiger partial charge in [-0.1, -0.05) is 0 Å². The zero-order valence-corrected chi connectivity index (χ0v) is 19.9. The van der Waals surface area contributed by atoms with Gasteiger partial charge in [0.2, 0.25) is 0 Å². The van der Waals surface area contributed by atoms with Crippen LogP contribution in [0.15, 0.2) is 0 Å². The standard InChI is InChI=1S/C18H28F10O11/c19-14(20,9-35-3-1-33-7-12(31)5-29)37-11-16(23,24)39-18(27,28)17(25,26)38-15(21,22)10-36-4-2-34-8-13(32)6-30/h12-13,29-32H,1-11H2. The van der Waals surface area contributed by atoms with Crippen LogP contribution in [0.3, 0.4) is 0 Å². The molecule has 0 aliphatic heterocycles. The van der Waals surface area contributed by atoms with Crippen LogP contribution in [-0.2, 0) is 33.2 Å². The number of aliphatic hydroxyl groups excluding tert-OH is 4. The Morgan fingerprint density at radius 2 is 0.821 bits per heavy atom. The fourth-order valence-corrected chi connectivity index (χ4v) is 1.95. The summed E-state index contributed by atoms with van der Waals surface area (Å²) >= 11 is 0. The van der Waals surface area contributed by atoms with Crippen molar-refractivity contribution < 1.29 is 97.5 Å². The normalized spacial score (nSPS) is 15.5. The molecule has 0 aromatic carbocycles. The van der Waals surface area contributed by atoms with Gasteiger partial charge in [-0.2, -0.15) is 43.9 Å². The zero-order chi connectivity index (χ0) is 30.4. The van der Waals surface area contributed by atoms with E-state index in [2.05, 4.69) is 33.2 Å². The third-order valence-corrected chi connectivity index (χ3v) is 3.67. The first-order valence-corrected chi connectivity index (χ1v) is 10.6. The number of hydrogen-bond acceptors (Lipinski definition) is 11. The van der Waals surface area contributed by atoms with Crippen LogP contribution in [0.2, 0.25) is 0 Å². The number of halogens is 10. The Labute approximate surface area is 214 Å². The van der Waals surface area contributed by atoms with Gasteiger partial charge in [-0.05, 0) is 0 Å². The molecule has 0 fully saturated rings. The van der Waals surface area contributed by atoms with Crippen molar-refractivity contribution in [3.8, 4) is 0 Å². The molecule has 0 spiro atoms. The highest BCUT2D eigenvalue weighted by Gasteiger charge is 2.67. The van der Waals surface area contributed by atoms with Crippen LogP contribution in [-0.4, -0.2) is 136 Å². The summed E-state index contributed by atoms with van der Waals surface area (Å²) in [6, 6.07) is 0. The van der Waals surface area contributed by atoms with E-state index in [9.17, 15) is 43.9 Å². The van der Waals surface area contributed by atoms with Gasteiger partial charge in [0.15, 0.2) is 0 Å². The summed E-state index contributed by atoms with van der Waals surface area (Å²) in [5.74, 6) is 0. The molecule has 236 valence electrons. The van der Waals surface area contributed by atoms with Crippen LogP contribution in [0.1, 0.15) is 0 Å². The topological polar surface area (TPSA) is 146 Å². The van der Waals surface area contributed by atoms with Gasteiger partial charge >= 0.3 is 30.5 Å². The van der Waals surface area contributed by atoms with E-state index in [1.807, 2.05) is 0 Å². The average Bonchev–Trinajstić information content (AvgIpc) is 2.80. The summed E-state index contributed by atoms with van der Waals surface area (Å²) in [6.07, 6.45) is -30.9. The van der Waals surface area contributed by atoms with Gasteiger partial charge in [0, 0.05) is 0 Å². The van der Waals surface area contributed by atoms with E-state index in [0.717, 1.165) is 0 Å². The van der Waals surface area contributed by atoms with Gasteiger partial charge in [-0.15, -0.1) is 0 Å². The molecule has 2 unspecified atom stereocenters. The molecule has 0 saturated heterocycles. The maximum Gasteiger partial charge on any atom is 0.453 e. The Morgan fingerprint density at radius 1 is 0.487 bits per heavy atom. The molecule has 21 heteroatoms. The first-order valence-electron chi connectivity index (χ1n) is 10.6. The molecule has 0 saturated carbocycles. The van der Waals surface area contributed by atoms with Crippen LogP contribution < -0.4 is 0 Å². The zero-order valence-electron chi connectivity index (χ0n) is 19.9. The summed E-state index contributed by atoms with van der Waals surface area (Å²) in [4.78, 5) is 0. The third kappa shape index (κ3) is 17.3. The van der Waals surface area contributed by atoms with E-state index in [1.54, 1.807) is 0 Å². The lowest BCUT2D eigenvalue weighted by molar-refractivity contribution is -0.518. The average molecular weight is 610 g/mol. The molecule has 0 aromatic heterocycles. The predicted octanol–water partition coefficient (Wildman–Crippen LogP) is 0.773. The second-order valence-corrected chi connectivity index (χ2v) is 7.37. The first kappa shape index (κ1) is 37.9. The number of aliphatic hydroxyl groups is 4. The second-order valence-electron chi connectivity index (χ2n) is 7.37. The van der Waals surface area contributed by atoms with Crippen molar-refractivity contribution in [2.24, 2.45) is 0 Å². The highest BCUT2D eigenvalue weighted by molar-refractivity contribution is 4.72. The van der Waals surface area contributed by atoms with Crippen LogP contribution in [0.4, 0.5) is 43.9 Å². The highest BCUT2D eigenvalue weighted by Crippen LogP contribution is 2.43. The maximum absolute atomic E-state index is 13.5. The largest absolute Gasteiger partial charge is 0.453 e. The lowest BCUT2D eigenvalue weighted by Gasteiger charge is -2.31. The lowest BCUT2D eigenvalue weighted by Crippen LogP contribution is -2.53. The molecule has 0 rings (SSSR count). The Morgan fingerprint density at radius 3 is 1.21 bits per heavy atom. The van der Waals surface area contributed by atoms with Crippen molar-refractivity contribution in [1.29, 1.82) is 0 Å². The first-order chi connectivity index (χ1) is 17.8. The summed E-state index contributed by atoms with van der Waals surface area (Å²) in [6.45, 7) is -11.1. The van der Waals surface area contributed by atoms with Crippen molar-refractivity contribution in [2.45, 2.75) is 42.8 Å². The summed E-state index contributed by atoms with van der Waals surface area (Å²) in [5, 5.41) is 34.9. The van der Waals surface area contributed by atoms with Gasteiger partial charge in [0.05, 0.1) is 52.9 Å². The molecule has 11 nitrogen and oxygen atoms in total. The van der Waals surface area contributed by atoms with Gasteiger partial charge in [-0.25, -0.2) is 9.47 Å². The molecular weight excluding hydrogens is 582 g/mol. The molecule has 0 bridgehead atoms. The number of ether oxygens (including phenoxy) is 7. The number of rotatable bonds is 24. The fraction of sp³-hybridized carbons (Fsp3) is 1.00. The molecule has 0 aliphatic rings. The van der Waals surface area contributed by atoms with Crippen molar-refractivity contribution >= 4 is 0 Å². The molecule has 0 radical (unpaired) electrons. The molecule has 0 aromatic rings. The second kappa shape index (κ2) is 17.0. The summed E-state index contributed by atoms with van der Waals surface area (Å²) in [7, 11) is 0. The van der Waals surface area contributed by atoms with E-state index < -0.39 is 115 Å². The maximum atomic E-state index is 13.5. The molecule has 0 aliphatic carbocycles. The minimum absolute atomic E-state index is 0.398. The summed E-state index contributed by atoms with van der Waals surface area (Å²) < 4.78 is 161. The van der Waals surface area contributed by atoms with E-state index >= 15 is 0 Å². The molecular formula is C18H28F10O11. The SMILES string of the molecule is OCC(O)COCCOCC(F)(F)OCC(F)(F)OC(F)(F)C(F)(F)OC(F)(F)COCCOCC(O)CO. The third-order valence-electron chi connectivity index (χ3n) is 3.67. The van der Waals surface area contributed by atoms with E-state index in [-0.39, 0.29) is 0 Å². The van der Waals surface area contributed by atoms with Crippen LogP contribution >= 0.6 is 0 Å². The Kier molecular flexibility index (Phi) is 16.5. The van der Waals surface area contributed by atoms with Gasteiger partial charge in [0.1, 0.15) is 32.0 Å². The van der Waals surface area contributed by atoms with Crippen LogP contribution in [0.5, 0.6) is 0 Å². The van der Waals surface area contributed by atoms with Gasteiger partial charge in [0.25, 0.3) is 0 Å². The Balaban J connectivity index is 4.64. The lowest BCUT2D eigenvalue weighted by atomic mass is 10.4. The van der Waals surface area contributed by atoms with Crippen molar-refractivity contribution in [1.82, 2.24) is 0 Å². The molecule has 0 heterocycles. The molecule has 39 heavy (non-hydrogen) atoms. The van der Waals surface area contributed by atoms with E-state index in [4.69, 9.17) is 20.4 Å². The van der Waals surface area contributed by atoms with Crippen molar-refractivity contribution in [3.63, 3.8) is 0 Å². The van der Waals surface area contributed by atoms with Crippen LogP contribution in [0.25, 0.3) is 0 Å². The van der Waals surface area contributed by atoms with E-state index in [1.165, 1.54) is 0 Å². The van der Waals surface area contributed by atoms with Crippen molar-refractivity contribution in [2.75, 3.05) is 72.7 Å². The van der Waals surface area contributed by atoms with Crippen molar-refractivity contribution in [3.05, 3.63) is 0 Å². The molecule has 4 N–H and O–H groups in total. The minimum atomic E-state index is -6.49. The molecule has 2 atom stereocenters. The Hall–Kier alpha value is -1.14. The van der Waals surface area contributed by atoms with E-state index in [0.29, 0.717) is 0 Å². The quantitative estimate of drug-likeness (QED) is 0.0909. The van der Waals surface area contributed by atoms with Gasteiger partial charge in [-0.3, -0.25) is 0 Å². The summed E-state index contributed by atoms with van der Waals surface area (Å²) in [5.41, 5.74) is 0. The fourth-order valence-electron chi connectivity index (χ4n) is 1.95.